The van der Waals surface area contributed by atoms with Crippen LogP contribution in [0.25, 0.3) is 0 Å². The predicted octanol–water partition coefficient (Wildman–Crippen LogP) is 12.5. The highest BCUT2D eigenvalue weighted by atomic mass is 33.1. The molecule has 276 valence electrons. The second-order valence-corrected chi connectivity index (χ2v) is 17.7. The maximum atomic E-state index is 12.5. The molecule has 47 heavy (non-hydrogen) atoms. The number of ether oxygens (including phenoxy) is 2. The van der Waals surface area contributed by atoms with Gasteiger partial charge in [-0.25, -0.2) is 0 Å². The lowest BCUT2D eigenvalue weighted by Crippen LogP contribution is -2.29. The molecule has 1 atom stereocenters. The Bertz CT molecular complexity index is 751. The van der Waals surface area contributed by atoms with Crippen LogP contribution in [0.5, 0.6) is 0 Å². The Morgan fingerprint density at radius 1 is 0.617 bits per heavy atom. The van der Waals surface area contributed by atoms with E-state index in [0.717, 1.165) is 55.9 Å². The number of rotatable bonds is 36. The molecule has 0 rings (SSSR count). The Balaban J connectivity index is 3.86. The zero-order valence-corrected chi connectivity index (χ0v) is 34.0. The van der Waals surface area contributed by atoms with Crippen LogP contribution in [0.2, 0.25) is 0 Å². The van der Waals surface area contributed by atoms with Gasteiger partial charge < -0.3 is 14.4 Å². The van der Waals surface area contributed by atoms with Gasteiger partial charge in [-0.3, -0.25) is 9.59 Å². The van der Waals surface area contributed by atoms with Gasteiger partial charge in [-0.15, -0.1) is 0 Å². The molecule has 0 saturated heterocycles. The predicted molar refractivity (Wildman–Crippen MR) is 216 cm³/mol. The molecule has 0 aromatic rings. The van der Waals surface area contributed by atoms with Gasteiger partial charge in [0.05, 0.1) is 0 Å². The van der Waals surface area contributed by atoms with Crippen LogP contribution in [0.15, 0.2) is 23.6 Å². The summed E-state index contributed by atoms with van der Waals surface area (Å²) in [5.41, 5.74) is 0. The lowest BCUT2D eigenvalue weighted by Gasteiger charge is -2.20. The van der Waals surface area contributed by atoms with Crippen LogP contribution in [-0.4, -0.2) is 67.4 Å². The molecule has 0 aliphatic rings. The second-order valence-electron chi connectivity index (χ2n) is 12.6. The van der Waals surface area contributed by atoms with Crippen molar-refractivity contribution in [3.8, 4) is 0 Å². The van der Waals surface area contributed by atoms with Crippen molar-refractivity contribution >= 4 is 55.1 Å². The molecule has 0 N–H and O–H groups in total. The largest absolute Gasteiger partial charge is 0.462 e. The Morgan fingerprint density at radius 2 is 1.19 bits per heavy atom. The molecular formula is C38H71NO4S4. The van der Waals surface area contributed by atoms with Crippen molar-refractivity contribution in [3.05, 3.63) is 23.6 Å². The number of esters is 2. The van der Waals surface area contributed by atoms with Gasteiger partial charge in [0.25, 0.3) is 0 Å². The van der Waals surface area contributed by atoms with E-state index in [1.165, 1.54) is 89.9 Å². The highest BCUT2D eigenvalue weighted by Gasteiger charge is 2.17. The number of nitrogens with zero attached hydrogens (tertiary/aromatic N) is 1. The molecule has 9 heteroatoms. The van der Waals surface area contributed by atoms with E-state index in [4.69, 9.17) is 9.47 Å². The summed E-state index contributed by atoms with van der Waals surface area (Å²) in [5.74, 6) is 2.75. The van der Waals surface area contributed by atoms with Crippen molar-refractivity contribution in [1.29, 1.82) is 0 Å². The molecule has 0 saturated carbocycles. The monoisotopic (exact) mass is 733 g/mol. The molecule has 0 aromatic carbocycles. The Hall–Kier alpha value is -0.220. The van der Waals surface area contributed by atoms with Crippen LogP contribution in [0.4, 0.5) is 0 Å². The van der Waals surface area contributed by atoms with E-state index in [2.05, 4.69) is 42.4 Å². The van der Waals surface area contributed by atoms with Crippen LogP contribution in [0.1, 0.15) is 155 Å². The maximum Gasteiger partial charge on any atom is 0.306 e. The molecule has 0 spiro atoms. The SMILES string of the molecule is CCCCCCCC/C=C\CCSSCCCC(=O)OC[C@H](CCN(C)C)OC(=O)CCCCCSS/C=C\CCCCCCCC. The smallest absolute Gasteiger partial charge is 0.306 e. The molecule has 0 heterocycles. The van der Waals surface area contributed by atoms with Gasteiger partial charge in [0, 0.05) is 43.1 Å². The normalized spacial score (nSPS) is 12.4. The summed E-state index contributed by atoms with van der Waals surface area (Å²) >= 11 is 0. The van der Waals surface area contributed by atoms with E-state index in [0.29, 0.717) is 19.3 Å². The second kappa shape index (κ2) is 38.6. The molecule has 0 fully saturated rings. The molecule has 5 nitrogen and oxygen atoms in total. The minimum atomic E-state index is -0.386. The minimum absolute atomic E-state index is 0.144. The van der Waals surface area contributed by atoms with E-state index < -0.39 is 0 Å². The summed E-state index contributed by atoms with van der Waals surface area (Å²) in [6.45, 7) is 5.45. The Kier molecular flexibility index (Phi) is 38.4. The highest BCUT2D eigenvalue weighted by Crippen LogP contribution is 2.25. The van der Waals surface area contributed by atoms with Gasteiger partial charge in [-0.1, -0.05) is 146 Å². The minimum Gasteiger partial charge on any atom is -0.462 e. The zero-order chi connectivity index (χ0) is 34.5. The quantitative estimate of drug-likeness (QED) is 0.0271. The number of unbranched alkanes of at least 4 members (excludes halogenated alkanes) is 14. The third-order valence-corrected chi connectivity index (χ3v) is 12.3. The number of hydrogen-bond acceptors (Lipinski definition) is 9. The Morgan fingerprint density at radius 3 is 1.89 bits per heavy atom. The average molecular weight is 734 g/mol. The van der Waals surface area contributed by atoms with E-state index in [-0.39, 0.29) is 24.6 Å². The van der Waals surface area contributed by atoms with Gasteiger partial charge in [0.2, 0.25) is 0 Å². The number of carbonyl (C=O) groups is 2. The average Bonchev–Trinajstić information content (AvgIpc) is 3.05. The Labute approximate surface area is 306 Å². The van der Waals surface area contributed by atoms with Crippen molar-refractivity contribution in [2.45, 2.75) is 161 Å². The van der Waals surface area contributed by atoms with Crippen LogP contribution in [0, 0.1) is 0 Å². The molecule has 0 aromatic heterocycles. The summed E-state index contributed by atoms with van der Waals surface area (Å²) < 4.78 is 11.2. The molecule has 0 unspecified atom stereocenters. The fourth-order valence-corrected chi connectivity index (χ4v) is 8.62. The first-order chi connectivity index (χ1) is 23.0. The van der Waals surface area contributed by atoms with Gasteiger partial charge in [0.1, 0.15) is 12.7 Å². The summed E-state index contributed by atoms with van der Waals surface area (Å²) in [4.78, 5) is 26.9. The lowest BCUT2D eigenvalue weighted by molar-refractivity contribution is -0.159. The third kappa shape index (κ3) is 38.4. The lowest BCUT2D eigenvalue weighted by atomic mass is 10.1. The van der Waals surface area contributed by atoms with E-state index in [1.54, 1.807) is 0 Å². The molecular weight excluding hydrogens is 663 g/mol. The molecule has 0 aliphatic heterocycles. The first-order valence-corrected chi connectivity index (χ1v) is 23.7. The summed E-state index contributed by atoms with van der Waals surface area (Å²) in [6.07, 6.45) is 31.5. The fourth-order valence-electron chi connectivity index (χ4n) is 4.71. The van der Waals surface area contributed by atoms with Crippen molar-refractivity contribution < 1.29 is 19.1 Å². The van der Waals surface area contributed by atoms with Crippen LogP contribution in [0.3, 0.4) is 0 Å². The van der Waals surface area contributed by atoms with Gasteiger partial charge in [-0.05, 0) is 70.9 Å². The van der Waals surface area contributed by atoms with Gasteiger partial charge in [0.15, 0.2) is 0 Å². The van der Waals surface area contributed by atoms with Crippen molar-refractivity contribution in [3.63, 3.8) is 0 Å². The topological polar surface area (TPSA) is 55.8 Å². The summed E-state index contributed by atoms with van der Waals surface area (Å²) in [7, 11) is 11.4. The first kappa shape index (κ1) is 46.8. The standard InChI is InChI=1S/C38H71NO4S4/c1-5-7-9-11-13-15-16-18-20-24-32-46-47-34-26-28-37(40)42-35-36(29-30-39(3)4)43-38(41)27-22-21-25-33-45-44-31-23-19-17-14-12-10-8-6-2/h18,20,23,31,36H,5-17,19,21-22,24-30,32-35H2,1-4H3/b20-18-,31-23-/t36-/m0/s1. The number of carbonyl (C=O) groups excluding carboxylic acids is 2. The first-order valence-electron chi connectivity index (χ1n) is 18.8. The molecule has 0 bridgehead atoms. The molecule has 0 amide bonds. The maximum absolute atomic E-state index is 12.5. The fraction of sp³-hybridized carbons (Fsp3) is 0.842. The highest BCUT2D eigenvalue weighted by molar-refractivity contribution is 8.77. The van der Waals surface area contributed by atoms with E-state index in [1.807, 2.05) is 57.3 Å². The molecule has 0 radical (unpaired) electrons. The zero-order valence-electron chi connectivity index (χ0n) is 30.7. The number of allylic oxidation sites excluding steroid dienone is 3. The van der Waals surface area contributed by atoms with Crippen molar-refractivity contribution in [2.24, 2.45) is 0 Å². The van der Waals surface area contributed by atoms with Crippen LogP contribution >= 0.6 is 43.2 Å². The summed E-state index contributed by atoms with van der Waals surface area (Å²) in [5, 5.41) is 2.23. The van der Waals surface area contributed by atoms with Gasteiger partial charge >= 0.3 is 11.9 Å². The third-order valence-electron chi connectivity index (χ3n) is 7.63. The van der Waals surface area contributed by atoms with E-state index in [9.17, 15) is 9.59 Å². The van der Waals surface area contributed by atoms with Crippen molar-refractivity contribution in [2.75, 3.05) is 44.5 Å². The van der Waals surface area contributed by atoms with Gasteiger partial charge in [-0.2, -0.15) is 0 Å². The van der Waals surface area contributed by atoms with E-state index >= 15 is 0 Å². The summed E-state index contributed by atoms with van der Waals surface area (Å²) in [6, 6.07) is 0. The van der Waals surface area contributed by atoms with Crippen molar-refractivity contribution in [1.82, 2.24) is 4.90 Å². The number of hydrogen-bond donors (Lipinski definition) is 0. The van der Waals surface area contributed by atoms with Crippen LogP contribution in [-0.2, 0) is 19.1 Å². The molecule has 0 aliphatic carbocycles. The van der Waals surface area contributed by atoms with Crippen LogP contribution < -0.4 is 0 Å².